The number of rotatable bonds is 11. The average Bonchev–Trinajstić information content (AvgIpc) is 2.97. The Morgan fingerprint density at radius 1 is 0.977 bits per heavy atom. The predicted octanol–water partition coefficient (Wildman–Crippen LogP) is 4.45. The summed E-state index contributed by atoms with van der Waals surface area (Å²) in [5.41, 5.74) is 9.80. The molecule has 226 valence electrons. The lowest BCUT2D eigenvalue weighted by molar-refractivity contribution is -0.123. The highest BCUT2D eigenvalue weighted by Gasteiger charge is 2.24. The number of carboxylic acids is 1. The molecular formula is C34H41N4O5+. The number of carboxylic acid groups (broad SMARTS) is 1. The summed E-state index contributed by atoms with van der Waals surface area (Å²) >= 11 is 0. The maximum atomic E-state index is 13.0. The van der Waals surface area contributed by atoms with Gasteiger partial charge in [-0.2, -0.15) is 0 Å². The lowest BCUT2D eigenvalue weighted by Gasteiger charge is -2.19. The highest BCUT2D eigenvalue weighted by molar-refractivity contribution is 6.09. The third-order valence-electron chi connectivity index (χ3n) is 7.67. The number of amides is 1. The number of nitrogens with zero attached hydrogens (tertiary/aromatic N) is 2. The van der Waals surface area contributed by atoms with Crippen molar-refractivity contribution in [2.24, 2.45) is 11.7 Å². The smallest absolute Gasteiger partial charge is 0.336 e. The van der Waals surface area contributed by atoms with E-state index in [-0.39, 0.29) is 28.7 Å². The Morgan fingerprint density at radius 2 is 1.70 bits per heavy atom. The Morgan fingerprint density at radius 3 is 2.35 bits per heavy atom. The van der Waals surface area contributed by atoms with Crippen LogP contribution in [0, 0.1) is 5.92 Å². The Labute approximate surface area is 252 Å². The van der Waals surface area contributed by atoms with E-state index in [4.69, 9.17) is 10.2 Å². The van der Waals surface area contributed by atoms with Gasteiger partial charge in [0.1, 0.15) is 25.4 Å². The van der Waals surface area contributed by atoms with Crippen LogP contribution in [-0.2, 0) is 4.79 Å². The van der Waals surface area contributed by atoms with E-state index in [0.29, 0.717) is 42.7 Å². The molecule has 2 aromatic rings. The monoisotopic (exact) mass is 585 g/mol. The van der Waals surface area contributed by atoms with Gasteiger partial charge in [0, 0.05) is 66.5 Å². The number of ketones is 1. The number of nitrogens with one attached hydrogen (secondary N) is 1. The second kappa shape index (κ2) is 13.2. The molecule has 1 aliphatic carbocycles. The number of hydrogen-bond acceptors (Lipinski definition) is 6. The Balaban J connectivity index is 1.69. The Kier molecular flexibility index (Phi) is 9.66. The summed E-state index contributed by atoms with van der Waals surface area (Å²) in [4.78, 5) is 39.5. The van der Waals surface area contributed by atoms with Gasteiger partial charge in [0.15, 0.2) is 5.78 Å². The number of aromatic carboxylic acids is 1. The SMILES string of the molecule is CC(C)C(=O)[C@H](N)CCCCNC(=O)c1ccc(-c2c3ccc(=[N+](C)C)cc-3oc3cc(N(C)C)ccc23)c(C(=O)O)c1. The molecule has 2 aromatic carbocycles. The van der Waals surface area contributed by atoms with Gasteiger partial charge in [0.2, 0.25) is 5.36 Å². The van der Waals surface area contributed by atoms with Crippen LogP contribution in [0.15, 0.2) is 59.0 Å². The van der Waals surface area contributed by atoms with Gasteiger partial charge < -0.3 is 25.5 Å². The third kappa shape index (κ3) is 6.94. The third-order valence-corrected chi connectivity index (χ3v) is 7.67. The van der Waals surface area contributed by atoms with Crippen LogP contribution in [0.3, 0.4) is 0 Å². The topological polar surface area (TPSA) is 129 Å². The first-order valence-corrected chi connectivity index (χ1v) is 14.5. The number of nitrogens with two attached hydrogens (primary N) is 1. The number of carbonyl (C=O) groups is 3. The lowest BCUT2D eigenvalue weighted by Crippen LogP contribution is -2.33. The van der Waals surface area contributed by atoms with Crippen molar-refractivity contribution in [3.05, 3.63) is 71.1 Å². The zero-order valence-corrected chi connectivity index (χ0v) is 25.7. The number of hydrogen-bond donors (Lipinski definition) is 3. The van der Waals surface area contributed by atoms with Crippen molar-refractivity contribution >= 4 is 34.3 Å². The molecule has 0 radical (unpaired) electrons. The molecule has 0 aromatic heterocycles. The van der Waals surface area contributed by atoms with Gasteiger partial charge in [-0.05, 0) is 55.2 Å². The molecule has 1 heterocycles. The summed E-state index contributed by atoms with van der Waals surface area (Å²) in [6, 6.07) is 16.0. The quantitative estimate of drug-likeness (QED) is 0.135. The summed E-state index contributed by atoms with van der Waals surface area (Å²) < 4.78 is 8.34. The van der Waals surface area contributed by atoms with Crippen LogP contribution < -0.4 is 25.9 Å². The lowest BCUT2D eigenvalue weighted by atomic mass is 9.89. The van der Waals surface area contributed by atoms with Crippen LogP contribution >= 0.6 is 0 Å². The predicted molar refractivity (Wildman–Crippen MR) is 171 cm³/mol. The van der Waals surface area contributed by atoms with Crippen LogP contribution in [0.5, 0.6) is 0 Å². The number of benzene rings is 3. The summed E-state index contributed by atoms with van der Waals surface area (Å²) in [5, 5.41) is 14.9. The van der Waals surface area contributed by atoms with Gasteiger partial charge in [-0.3, -0.25) is 9.59 Å². The van der Waals surface area contributed by atoms with Crippen molar-refractivity contribution in [3.8, 4) is 22.5 Å². The minimum atomic E-state index is -1.13. The van der Waals surface area contributed by atoms with E-state index in [1.807, 2.05) is 87.9 Å². The molecule has 1 amide bonds. The van der Waals surface area contributed by atoms with Crippen molar-refractivity contribution < 1.29 is 23.9 Å². The molecule has 0 fully saturated rings. The number of unbranched alkanes of at least 4 members (excludes halogenated alkanes) is 1. The van der Waals surface area contributed by atoms with E-state index >= 15 is 0 Å². The van der Waals surface area contributed by atoms with E-state index in [2.05, 4.69) is 5.32 Å². The Hall–Kier alpha value is -4.50. The first-order chi connectivity index (χ1) is 20.4. The highest BCUT2D eigenvalue weighted by Crippen LogP contribution is 2.42. The first kappa shape index (κ1) is 31.4. The summed E-state index contributed by atoms with van der Waals surface area (Å²) in [7, 11) is 7.79. The number of carbonyl (C=O) groups excluding carboxylic acids is 2. The van der Waals surface area contributed by atoms with E-state index in [0.717, 1.165) is 27.6 Å². The van der Waals surface area contributed by atoms with Crippen molar-refractivity contribution in [1.82, 2.24) is 9.89 Å². The summed E-state index contributed by atoms with van der Waals surface area (Å²) in [5.74, 6) is -0.939. The van der Waals surface area contributed by atoms with E-state index in [1.54, 1.807) is 12.1 Å². The molecule has 4 rings (SSSR count). The molecule has 1 aliphatic heterocycles. The van der Waals surface area contributed by atoms with Crippen molar-refractivity contribution in [2.75, 3.05) is 39.6 Å². The van der Waals surface area contributed by atoms with Crippen molar-refractivity contribution in [1.29, 1.82) is 0 Å². The highest BCUT2D eigenvalue weighted by atomic mass is 16.4. The number of fused-ring (bicyclic) bond motifs is 2. The number of Topliss-reactive ketones (excluding diaryl/α,β-unsaturated/α-hetero) is 1. The van der Waals surface area contributed by atoms with Crippen LogP contribution in [-0.4, -0.2) is 63.5 Å². The van der Waals surface area contributed by atoms with Gasteiger partial charge in [-0.15, -0.1) is 0 Å². The minimum Gasteiger partial charge on any atom is -0.478 e. The summed E-state index contributed by atoms with van der Waals surface area (Å²) in [6.45, 7) is 4.06. The molecule has 2 aliphatic rings. The minimum absolute atomic E-state index is 0.0213. The van der Waals surface area contributed by atoms with Crippen molar-refractivity contribution in [2.45, 2.75) is 39.2 Å². The fraction of sp³-hybridized carbons (Fsp3) is 0.353. The number of anilines is 1. The fourth-order valence-corrected chi connectivity index (χ4v) is 5.16. The van der Waals surface area contributed by atoms with Gasteiger partial charge in [0.05, 0.1) is 17.7 Å². The van der Waals surface area contributed by atoms with Crippen LogP contribution in [0.2, 0.25) is 0 Å². The van der Waals surface area contributed by atoms with Gasteiger partial charge in [-0.1, -0.05) is 19.9 Å². The van der Waals surface area contributed by atoms with Gasteiger partial charge in [0.25, 0.3) is 5.91 Å². The normalized spacial score (nSPS) is 12.0. The molecule has 9 heteroatoms. The van der Waals surface area contributed by atoms with E-state index < -0.39 is 12.0 Å². The van der Waals surface area contributed by atoms with E-state index in [9.17, 15) is 19.5 Å². The van der Waals surface area contributed by atoms with Gasteiger partial charge >= 0.3 is 5.97 Å². The molecule has 9 nitrogen and oxygen atoms in total. The molecule has 0 saturated heterocycles. The molecule has 0 spiro atoms. The fourth-order valence-electron chi connectivity index (χ4n) is 5.16. The van der Waals surface area contributed by atoms with Gasteiger partial charge in [-0.25, -0.2) is 9.37 Å². The maximum Gasteiger partial charge on any atom is 0.336 e. The van der Waals surface area contributed by atoms with Crippen LogP contribution in [0.4, 0.5) is 5.69 Å². The van der Waals surface area contributed by atoms with E-state index in [1.165, 1.54) is 6.07 Å². The maximum absolute atomic E-state index is 13.0. The standard InChI is InChI=1S/C34H40N4O5/c1-20(2)32(39)28(35)9-7-8-16-36-33(40)21-10-13-24(27(17-21)34(41)42)31-25-14-11-22(37(3)4)18-29(25)43-30-19-23(38(5)6)12-15-26(30)31/h10-15,17-20,28H,7-9,16,35H2,1-6H3,(H-,36,40,41,42)/p+1/t28-/m1/s1. The zero-order chi connectivity index (χ0) is 31.4. The van der Waals surface area contributed by atoms with Crippen molar-refractivity contribution in [3.63, 3.8) is 0 Å². The molecule has 4 N–H and O–H groups in total. The molecular weight excluding hydrogens is 544 g/mol. The molecule has 0 bridgehead atoms. The average molecular weight is 586 g/mol. The second-order valence-corrected chi connectivity index (χ2v) is 11.6. The first-order valence-electron chi connectivity index (χ1n) is 14.5. The van der Waals surface area contributed by atoms with Crippen LogP contribution in [0.1, 0.15) is 53.8 Å². The Bertz CT molecular complexity index is 1720. The summed E-state index contributed by atoms with van der Waals surface area (Å²) in [6.07, 6.45) is 1.91. The largest absolute Gasteiger partial charge is 0.478 e. The second-order valence-electron chi connectivity index (χ2n) is 11.6. The molecule has 43 heavy (non-hydrogen) atoms. The van der Waals surface area contributed by atoms with Crippen LogP contribution in [0.25, 0.3) is 33.4 Å². The molecule has 1 atom stereocenters. The zero-order valence-electron chi connectivity index (χ0n) is 25.7. The molecule has 0 unspecified atom stereocenters. The molecule has 0 saturated carbocycles.